The van der Waals surface area contributed by atoms with Crippen LogP contribution in [0.5, 0.6) is 0 Å². The van der Waals surface area contributed by atoms with Crippen LogP contribution in [0.3, 0.4) is 0 Å². The van der Waals surface area contributed by atoms with Gasteiger partial charge in [-0.2, -0.15) is 0 Å². The third-order valence-electron chi connectivity index (χ3n) is 6.15. The number of ketones is 1. The van der Waals surface area contributed by atoms with Crippen LogP contribution in [0.1, 0.15) is 33.1 Å². The average molecular weight is 570 g/mol. The Hall–Kier alpha value is -4.54. The van der Waals surface area contributed by atoms with Crippen LogP contribution in [0.15, 0.2) is 107 Å². The number of ether oxygens (including phenoxy) is 1. The standard InChI is InChI=1S/C30H23N3O5S2/c1-38-28(37)22-15-13-21(14-16-22)25-24(23(34)17-12-19-8-4-2-5-9-19)26(35)27(36)33(25)29-31-32-30(40-29)39-18-20-10-6-3-7-11-20/h2-17,25,35H,18H2,1H3/b17-12+. The number of aliphatic hydroxyl groups is 1. The molecule has 1 amide bonds. The van der Waals surface area contributed by atoms with Gasteiger partial charge in [-0.15, -0.1) is 10.2 Å². The predicted molar refractivity (Wildman–Crippen MR) is 154 cm³/mol. The van der Waals surface area contributed by atoms with Gasteiger partial charge in [0.2, 0.25) is 5.13 Å². The maximum atomic E-state index is 13.4. The van der Waals surface area contributed by atoms with E-state index in [9.17, 15) is 19.5 Å². The van der Waals surface area contributed by atoms with E-state index >= 15 is 0 Å². The first-order valence-electron chi connectivity index (χ1n) is 12.2. The molecule has 200 valence electrons. The van der Waals surface area contributed by atoms with Crippen molar-refractivity contribution < 1.29 is 24.2 Å². The molecule has 3 aromatic carbocycles. The molecule has 2 heterocycles. The summed E-state index contributed by atoms with van der Waals surface area (Å²) in [6.07, 6.45) is 2.95. The van der Waals surface area contributed by atoms with Gasteiger partial charge in [0.15, 0.2) is 15.9 Å². The van der Waals surface area contributed by atoms with Crippen LogP contribution >= 0.6 is 23.1 Å². The lowest BCUT2D eigenvalue weighted by Gasteiger charge is -2.23. The molecule has 1 aliphatic heterocycles. The number of nitrogens with zero attached hydrogens (tertiary/aromatic N) is 3. The second kappa shape index (κ2) is 12.1. The van der Waals surface area contributed by atoms with Gasteiger partial charge in [0.25, 0.3) is 5.91 Å². The quantitative estimate of drug-likeness (QED) is 0.117. The van der Waals surface area contributed by atoms with Crippen molar-refractivity contribution in [1.82, 2.24) is 10.2 Å². The number of anilines is 1. The van der Waals surface area contributed by atoms with E-state index in [1.54, 1.807) is 30.3 Å². The number of allylic oxidation sites excluding steroid dienone is 1. The van der Waals surface area contributed by atoms with Crippen LogP contribution in [0.25, 0.3) is 6.08 Å². The van der Waals surface area contributed by atoms with E-state index in [1.807, 2.05) is 60.7 Å². The second-order valence-electron chi connectivity index (χ2n) is 8.69. The molecule has 1 unspecified atom stereocenters. The molecule has 0 aliphatic carbocycles. The highest BCUT2D eigenvalue weighted by Gasteiger charge is 2.45. The summed E-state index contributed by atoms with van der Waals surface area (Å²) in [5, 5.41) is 19.6. The SMILES string of the molecule is COC(=O)c1ccc(C2C(C(=O)/C=C/c3ccccc3)=C(O)C(=O)N2c2nnc(SCc3ccccc3)s2)cc1. The van der Waals surface area contributed by atoms with Gasteiger partial charge in [0, 0.05) is 5.75 Å². The molecule has 10 heteroatoms. The van der Waals surface area contributed by atoms with E-state index in [1.165, 1.54) is 41.2 Å². The molecule has 0 fully saturated rings. The molecule has 0 saturated carbocycles. The van der Waals surface area contributed by atoms with Crippen LogP contribution in [-0.2, 0) is 20.1 Å². The molecule has 0 saturated heterocycles. The third kappa shape index (κ3) is 5.73. The van der Waals surface area contributed by atoms with Crippen molar-refractivity contribution in [3.05, 3.63) is 125 Å². The molecular weight excluding hydrogens is 546 g/mol. The van der Waals surface area contributed by atoms with Crippen molar-refractivity contribution in [2.24, 2.45) is 0 Å². The number of hydrogen-bond acceptors (Lipinski definition) is 9. The number of aliphatic hydroxyl groups excluding tert-OH is 1. The zero-order valence-corrected chi connectivity index (χ0v) is 22.9. The van der Waals surface area contributed by atoms with Crippen molar-refractivity contribution in [2.45, 2.75) is 16.1 Å². The maximum absolute atomic E-state index is 13.4. The summed E-state index contributed by atoms with van der Waals surface area (Å²) in [5.41, 5.74) is 2.64. The minimum Gasteiger partial charge on any atom is -0.503 e. The van der Waals surface area contributed by atoms with Gasteiger partial charge < -0.3 is 9.84 Å². The first-order chi connectivity index (χ1) is 19.5. The molecule has 0 radical (unpaired) electrons. The Morgan fingerprint density at radius 1 is 1.00 bits per heavy atom. The lowest BCUT2D eigenvalue weighted by Crippen LogP contribution is -2.30. The summed E-state index contributed by atoms with van der Waals surface area (Å²) in [5.74, 6) is -1.79. The predicted octanol–water partition coefficient (Wildman–Crippen LogP) is 5.80. The number of amides is 1. The molecule has 8 nitrogen and oxygen atoms in total. The smallest absolute Gasteiger partial charge is 0.337 e. The molecule has 1 aliphatic rings. The van der Waals surface area contributed by atoms with Crippen LogP contribution < -0.4 is 4.90 Å². The summed E-state index contributed by atoms with van der Waals surface area (Å²) in [7, 11) is 1.28. The second-order valence-corrected chi connectivity index (χ2v) is 10.9. The van der Waals surface area contributed by atoms with E-state index in [2.05, 4.69) is 10.2 Å². The minimum absolute atomic E-state index is 0.0864. The van der Waals surface area contributed by atoms with Crippen molar-refractivity contribution in [3.8, 4) is 0 Å². The number of carbonyl (C=O) groups is 3. The van der Waals surface area contributed by atoms with E-state index in [-0.39, 0.29) is 10.7 Å². The number of hydrogen-bond donors (Lipinski definition) is 1. The molecule has 4 aromatic rings. The van der Waals surface area contributed by atoms with Gasteiger partial charge in [-0.25, -0.2) is 4.79 Å². The van der Waals surface area contributed by atoms with Crippen molar-refractivity contribution in [3.63, 3.8) is 0 Å². The number of carbonyl (C=O) groups excluding carboxylic acids is 3. The summed E-state index contributed by atoms with van der Waals surface area (Å²) in [6, 6.07) is 24.5. The van der Waals surface area contributed by atoms with Gasteiger partial charge in [-0.3, -0.25) is 14.5 Å². The fourth-order valence-corrected chi connectivity index (χ4v) is 6.02. The summed E-state index contributed by atoms with van der Waals surface area (Å²) in [6.45, 7) is 0. The van der Waals surface area contributed by atoms with Gasteiger partial charge in [-0.1, -0.05) is 102 Å². The van der Waals surface area contributed by atoms with Crippen LogP contribution in [0.4, 0.5) is 5.13 Å². The Bertz CT molecular complexity index is 1600. The van der Waals surface area contributed by atoms with Gasteiger partial charge >= 0.3 is 5.97 Å². The van der Waals surface area contributed by atoms with E-state index in [0.717, 1.165) is 11.1 Å². The number of benzene rings is 3. The lowest BCUT2D eigenvalue weighted by molar-refractivity contribution is -0.117. The highest BCUT2D eigenvalue weighted by molar-refractivity contribution is 8.00. The molecule has 1 aromatic heterocycles. The van der Waals surface area contributed by atoms with E-state index in [0.29, 0.717) is 21.2 Å². The Morgan fingerprint density at radius 2 is 1.68 bits per heavy atom. The van der Waals surface area contributed by atoms with Gasteiger partial charge in [-0.05, 0) is 34.9 Å². The molecule has 0 bridgehead atoms. The Kier molecular flexibility index (Phi) is 8.18. The number of methoxy groups -OCH3 is 1. The molecular formula is C30H23N3O5S2. The fourth-order valence-electron chi connectivity index (χ4n) is 4.19. The van der Waals surface area contributed by atoms with Crippen molar-refractivity contribution >= 4 is 52.0 Å². The molecule has 5 rings (SSSR count). The largest absolute Gasteiger partial charge is 0.503 e. The van der Waals surface area contributed by atoms with E-state index < -0.39 is 29.5 Å². The van der Waals surface area contributed by atoms with E-state index in [4.69, 9.17) is 4.74 Å². The van der Waals surface area contributed by atoms with Crippen LogP contribution in [0, 0.1) is 0 Å². The fraction of sp³-hybridized carbons (Fsp3) is 0.100. The normalized spacial score (nSPS) is 15.2. The summed E-state index contributed by atoms with van der Waals surface area (Å²) in [4.78, 5) is 40.1. The van der Waals surface area contributed by atoms with Crippen LogP contribution in [0.2, 0.25) is 0 Å². The molecule has 1 atom stereocenters. The Balaban J connectivity index is 1.48. The Labute approximate surface area is 238 Å². The van der Waals surface area contributed by atoms with Crippen LogP contribution in [-0.4, -0.2) is 40.1 Å². The van der Waals surface area contributed by atoms with Gasteiger partial charge in [0.1, 0.15) is 0 Å². The average Bonchev–Trinajstić information content (AvgIpc) is 3.57. The molecule has 0 spiro atoms. The number of aromatic nitrogens is 2. The van der Waals surface area contributed by atoms with Crippen molar-refractivity contribution in [1.29, 1.82) is 0 Å². The third-order valence-corrected chi connectivity index (χ3v) is 8.28. The zero-order chi connectivity index (χ0) is 28.1. The highest BCUT2D eigenvalue weighted by Crippen LogP contribution is 2.43. The number of thioether (sulfide) groups is 1. The van der Waals surface area contributed by atoms with Gasteiger partial charge in [0.05, 0.1) is 24.3 Å². The topological polar surface area (TPSA) is 110 Å². The zero-order valence-electron chi connectivity index (χ0n) is 21.3. The maximum Gasteiger partial charge on any atom is 0.337 e. The summed E-state index contributed by atoms with van der Waals surface area (Å²) >= 11 is 2.67. The monoisotopic (exact) mass is 569 g/mol. The van der Waals surface area contributed by atoms with Crippen molar-refractivity contribution in [2.75, 3.05) is 12.0 Å². The number of esters is 1. The molecule has 1 N–H and O–H groups in total. The highest BCUT2D eigenvalue weighted by atomic mass is 32.2. The lowest BCUT2D eigenvalue weighted by atomic mass is 9.95. The number of rotatable bonds is 9. The summed E-state index contributed by atoms with van der Waals surface area (Å²) < 4.78 is 5.42. The minimum atomic E-state index is -0.980. The molecule has 40 heavy (non-hydrogen) atoms. The Morgan fingerprint density at radius 3 is 2.35 bits per heavy atom. The first-order valence-corrected chi connectivity index (χ1v) is 14.0. The first kappa shape index (κ1) is 27.0.